The lowest BCUT2D eigenvalue weighted by Gasteiger charge is -2.13. The number of nitrogens with one attached hydrogen (secondary N) is 2. The van der Waals surface area contributed by atoms with Crippen LogP contribution in [-0.2, 0) is 12.4 Å². The quantitative estimate of drug-likeness (QED) is 0.313. The van der Waals surface area contributed by atoms with Crippen LogP contribution in [0.5, 0.6) is 0 Å². The lowest BCUT2D eigenvalue weighted by Crippen LogP contribution is -2.11. The number of fused-ring (bicyclic) bond motifs is 1. The summed E-state index contributed by atoms with van der Waals surface area (Å²) < 4.78 is 78.2. The number of nitrogens with zero attached hydrogens (tertiary/aromatic N) is 2. The molecule has 0 spiro atoms. The molecule has 4 nitrogen and oxygen atoms in total. The zero-order chi connectivity index (χ0) is 22.8. The van der Waals surface area contributed by atoms with E-state index >= 15 is 0 Å². The molecule has 0 fully saturated rings. The van der Waals surface area contributed by atoms with E-state index in [9.17, 15) is 26.3 Å². The molecule has 4 aromatic rings. The highest BCUT2D eigenvalue weighted by molar-refractivity contribution is 7.14. The second kappa shape index (κ2) is 8.58. The number of halogens is 6. The molecule has 0 bridgehead atoms. The van der Waals surface area contributed by atoms with Gasteiger partial charge in [-0.2, -0.15) is 31.4 Å². The zero-order valence-corrected chi connectivity index (χ0v) is 17.0. The number of hydrogen-bond donors (Lipinski definition) is 2. The molecule has 0 aliphatic carbocycles. The maximum absolute atomic E-state index is 13.0. The lowest BCUT2D eigenvalue weighted by molar-refractivity contribution is -0.143. The van der Waals surface area contributed by atoms with Crippen molar-refractivity contribution in [2.45, 2.75) is 26.2 Å². The average Bonchev–Trinajstić information content (AvgIpc) is 3.37. The van der Waals surface area contributed by atoms with Crippen molar-refractivity contribution in [1.82, 2.24) is 15.2 Å². The van der Waals surface area contributed by atoms with Crippen LogP contribution < -0.4 is 5.32 Å². The van der Waals surface area contributed by atoms with Gasteiger partial charge in [-0.3, -0.25) is 5.10 Å². The third kappa shape index (κ3) is 5.16. The van der Waals surface area contributed by atoms with Gasteiger partial charge in [-0.1, -0.05) is 13.8 Å². The molecule has 0 radical (unpaired) electrons. The molecule has 31 heavy (non-hydrogen) atoms. The number of alkyl halides is 6. The van der Waals surface area contributed by atoms with Crippen LogP contribution in [0.2, 0.25) is 0 Å². The first kappa shape index (κ1) is 22.6. The molecule has 11 heteroatoms. The molecule has 2 aromatic carbocycles. The Morgan fingerprint density at radius 1 is 0.903 bits per heavy atom. The normalized spacial score (nSPS) is 11.9. The maximum Gasteiger partial charge on any atom is 0.416 e. The summed E-state index contributed by atoms with van der Waals surface area (Å²) in [7, 11) is 0. The van der Waals surface area contributed by atoms with Crippen LogP contribution in [0, 0.1) is 0 Å². The molecule has 0 saturated carbocycles. The van der Waals surface area contributed by atoms with Crippen molar-refractivity contribution >= 4 is 33.1 Å². The van der Waals surface area contributed by atoms with Gasteiger partial charge in [0.25, 0.3) is 0 Å². The fourth-order valence-electron chi connectivity index (χ4n) is 2.71. The number of aromatic amines is 1. The standard InChI is InChI=1S/C18H10F6N4S.C2H6/c19-17(20,21)11-3-9(4-12(6-11)18(22,23)24)15-8-29-16(27-15)26-13-1-2-14-10(5-13)7-25-28-14;1-2/h1-8H,(H,25,28)(H,26,27);1-2H3. The first-order valence-electron chi connectivity index (χ1n) is 9.05. The molecule has 2 aromatic heterocycles. The van der Waals surface area contributed by atoms with Gasteiger partial charge in [0.2, 0.25) is 0 Å². The summed E-state index contributed by atoms with van der Waals surface area (Å²) in [5.41, 5.74) is -1.54. The van der Waals surface area contributed by atoms with E-state index in [1.54, 1.807) is 24.4 Å². The Labute approximate surface area is 176 Å². The predicted octanol–water partition coefficient (Wildman–Crippen LogP) is 7.49. The Kier molecular flexibility index (Phi) is 6.25. The summed E-state index contributed by atoms with van der Waals surface area (Å²) in [4.78, 5) is 4.14. The number of benzene rings is 2. The number of anilines is 2. The summed E-state index contributed by atoms with van der Waals surface area (Å²) in [5, 5.41) is 12.2. The van der Waals surface area contributed by atoms with Gasteiger partial charge in [-0.15, -0.1) is 11.3 Å². The smallest absolute Gasteiger partial charge is 0.332 e. The predicted molar refractivity (Wildman–Crippen MR) is 108 cm³/mol. The Hall–Kier alpha value is -3.08. The number of aromatic nitrogens is 3. The van der Waals surface area contributed by atoms with Gasteiger partial charge in [0.15, 0.2) is 5.13 Å². The van der Waals surface area contributed by atoms with Crippen LogP contribution in [0.3, 0.4) is 0 Å². The van der Waals surface area contributed by atoms with Crippen molar-refractivity contribution in [3.8, 4) is 11.3 Å². The van der Waals surface area contributed by atoms with Gasteiger partial charge in [0, 0.05) is 22.0 Å². The highest BCUT2D eigenvalue weighted by atomic mass is 32.1. The van der Waals surface area contributed by atoms with E-state index in [1.807, 2.05) is 13.8 Å². The molecule has 2 N–H and O–H groups in total. The van der Waals surface area contributed by atoms with Crippen molar-refractivity contribution in [3.63, 3.8) is 0 Å². The molecule has 0 saturated heterocycles. The first-order chi connectivity index (χ1) is 14.6. The van der Waals surface area contributed by atoms with Gasteiger partial charge in [0.1, 0.15) is 0 Å². The van der Waals surface area contributed by atoms with Crippen LogP contribution in [0.25, 0.3) is 22.2 Å². The van der Waals surface area contributed by atoms with E-state index in [4.69, 9.17) is 0 Å². The summed E-state index contributed by atoms with van der Waals surface area (Å²) >= 11 is 1.07. The van der Waals surface area contributed by atoms with Crippen LogP contribution in [0.4, 0.5) is 37.2 Å². The van der Waals surface area contributed by atoms with Gasteiger partial charge >= 0.3 is 12.4 Å². The minimum absolute atomic E-state index is 0.0125. The largest absolute Gasteiger partial charge is 0.416 e. The van der Waals surface area contributed by atoms with Gasteiger partial charge in [-0.05, 0) is 36.4 Å². The molecular weight excluding hydrogens is 442 g/mol. The molecule has 2 heterocycles. The molecular formula is C20H16F6N4S. The van der Waals surface area contributed by atoms with Crippen LogP contribution in [0.1, 0.15) is 25.0 Å². The molecule has 0 atom stereocenters. The molecule has 4 rings (SSSR count). The van der Waals surface area contributed by atoms with E-state index < -0.39 is 23.5 Å². The van der Waals surface area contributed by atoms with Crippen LogP contribution in [-0.4, -0.2) is 15.2 Å². The topological polar surface area (TPSA) is 53.6 Å². The van der Waals surface area contributed by atoms with Gasteiger partial charge in [0.05, 0.1) is 28.5 Å². The van der Waals surface area contributed by atoms with E-state index in [-0.39, 0.29) is 17.3 Å². The van der Waals surface area contributed by atoms with E-state index in [0.29, 0.717) is 23.0 Å². The van der Waals surface area contributed by atoms with E-state index in [2.05, 4.69) is 20.5 Å². The van der Waals surface area contributed by atoms with Crippen molar-refractivity contribution in [1.29, 1.82) is 0 Å². The Balaban J connectivity index is 0.00000132. The highest BCUT2D eigenvalue weighted by Gasteiger charge is 2.37. The Morgan fingerprint density at radius 2 is 1.55 bits per heavy atom. The number of thiazole rings is 1. The second-order valence-electron chi connectivity index (χ2n) is 6.13. The minimum Gasteiger partial charge on any atom is -0.332 e. The Morgan fingerprint density at radius 3 is 2.16 bits per heavy atom. The monoisotopic (exact) mass is 458 g/mol. The molecule has 0 unspecified atom stereocenters. The second-order valence-corrected chi connectivity index (χ2v) is 6.99. The van der Waals surface area contributed by atoms with Crippen LogP contribution >= 0.6 is 11.3 Å². The zero-order valence-electron chi connectivity index (χ0n) is 16.2. The number of rotatable bonds is 3. The molecule has 0 aliphatic heterocycles. The number of H-pyrrole nitrogens is 1. The van der Waals surface area contributed by atoms with Crippen molar-refractivity contribution in [2.75, 3.05) is 5.32 Å². The fraction of sp³-hybridized carbons (Fsp3) is 0.200. The minimum atomic E-state index is -4.91. The molecule has 164 valence electrons. The van der Waals surface area contributed by atoms with Gasteiger partial charge in [-0.25, -0.2) is 4.98 Å². The average molecular weight is 458 g/mol. The molecule has 0 amide bonds. The number of hydrogen-bond acceptors (Lipinski definition) is 4. The van der Waals surface area contributed by atoms with Crippen molar-refractivity contribution in [3.05, 3.63) is 59.1 Å². The Bertz CT molecular complexity index is 1140. The SMILES string of the molecule is CC.FC(F)(F)c1cc(-c2csc(Nc3ccc4[nH]ncc4c3)n2)cc(C(F)(F)F)c1. The third-order valence-corrected chi connectivity index (χ3v) is 4.84. The highest BCUT2D eigenvalue weighted by Crippen LogP contribution is 2.39. The van der Waals surface area contributed by atoms with E-state index in [1.165, 1.54) is 5.38 Å². The van der Waals surface area contributed by atoms with E-state index in [0.717, 1.165) is 22.2 Å². The fourth-order valence-corrected chi connectivity index (χ4v) is 3.45. The first-order valence-corrected chi connectivity index (χ1v) is 9.93. The summed E-state index contributed by atoms with van der Waals surface area (Å²) in [6, 6.07) is 6.72. The van der Waals surface area contributed by atoms with Crippen molar-refractivity contribution in [2.24, 2.45) is 0 Å². The summed E-state index contributed by atoms with van der Waals surface area (Å²) in [6.45, 7) is 4.00. The third-order valence-electron chi connectivity index (χ3n) is 4.08. The summed E-state index contributed by atoms with van der Waals surface area (Å²) in [6.07, 6.45) is -8.20. The lowest BCUT2D eigenvalue weighted by atomic mass is 10.0. The maximum atomic E-state index is 13.0. The summed E-state index contributed by atoms with van der Waals surface area (Å²) in [5.74, 6) is 0. The van der Waals surface area contributed by atoms with Crippen LogP contribution in [0.15, 0.2) is 48.0 Å². The molecule has 0 aliphatic rings. The van der Waals surface area contributed by atoms with Gasteiger partial charge < -0.3 is 5.32 Å². The van der Waals surface area contributed by atoms with Crippen molar-refractivity contribution < 1.29 is 26.3 Å².